The van der Waals surface area contributed by atoms with Gasteiger partial charge in [-0.15, -0.1) is 0 Å². The van der Waals surface area contributed by atoms with Gasteiger partial charge in [-0.25, -0.2) is 0 Å². The molecule has 1 aliphatic heterocycles. The first-order valence-corrected chi connectivity index (χ1v) is 8.24. The number of carbonyl (C=O) groups is 2. The summed E-state index contributed by atoms with van der Waals surface area (Å²) in [5.74, 6) is 1.62. The van der Waals surface area contributed by atoms with Crippen LogP contribution in [0.5, 0.6) is 0 Å². The Hall–Kier alpha value is -1.85. The SMILES string of the molecule is Cn1cc(N2CCCC(NC(=O)C3CC3C3CC3)C2=O)cn1. The Labute approximate surface area is 129 Å². The molecule has 2 amide bonds. The predicted octanol–water partition coefficient (Wildman–Crippen LogP) is 1.08. The number of piperidine rings is 1. The van der Waals surface area contributed by atoms with Gasteiger partial charge in [0.25, 0.3) is 0 Å². The zero-order chi connectivity index (χ0) is 15.3. The highest BCUT2D eigenvalue weighted by molar-refractivity contribution is 6.00. The first kappa shape index (κ1) is 13.8. The smallest absolute Gasteiger partial charge is 0.249 e. The summed E-state index contributed by atoms with van der Waals surface area (Å²) in [6.07, 6.45) is 8.77. The van der Waals surface area contributed by atoms with E-state index in [9.17, 15) is 9.59 Å². The van der Waals surface area contributed by atoms with E-state index in [1.807, 2.05) is 13.2 Å². The first-order chi connectivity index (χ1) is 10.6. The quantitative estimate of drug-likeness (QED) is 0.905. The van der Waals surface area contributed by atoms with E-state index < -0.39 is 0 Å². The van der Waals surface area contributed by atoms with Gasteiger partial charge in [0.15, 0.2) is 0 Å². The van der Waals surface area contributed by atoms with Crippen molar-refractivity contribution in [3.8, 4) is 0 Å². The summed E-state index contributed by atoms with van der Waals surface area (Å²) in [4.78, 5) is 26.7. The standard InChI is InChI=1S/C16H22N4O2/c1-19-9-11(8-17-19)20-6-2-3-14(16(20)22)18-15(21)13-7-12(13)10-4-5-10/h8-10,12-14H,2-7H2,1H3,(H,18,21). The summed E-state index contributed by atoms with van der Waals surface area (Å²) in [6, 6.07) is -0.373. The van der Waals surface area contributed by atoms with Crippen molar-refractivity contribution in [3.63, 3.8) is 0 Å². The van der Waals surface area contributed by atoms with Crippen molar-refractivity contribution in [2.45, 2.75) is 38.1 Å². The molecule has 1 N–H and O–H groups in total. The third-order valence-corrected chi connectivity index (χ3v) is 5.16. The van der Waals surface area contributed by atoms with Crippen LogP contribution in [-0.2, 0) is 16.6 Å². The summed E-state index contributed by atoms with van der Waals surface area (Å²) >= 11 is 0. The fourth-order valence-corrected chi connectivity index (χ4v) is 3.65. The topological polar surface area (TPSA) is 67.2 Å². The van der Waals surface area contributed by atoms with E-state index in [4.69, 9.17) is 0 Å². The lowest BCUT2D eigenvalue weighted by Gasteiger charge is -2.31. The summed E-state index contributed by atoms with van der Waals surface area (Å²) in [7, 11) is 1.84. The third kappa shape index (κ3) is 2.51. The highest BCUT2D eigenvalue weighted by Crippen LogP contribution is 2.54. The van der Waals surface area contributed by atoms with Crippen molar-refractivity contribution in [3.05, 3.63) is 12.4 Å². The van der Waals surface area contributed by atoms with Gasteiger partial charge in [0, 0.05) is 25.7 Å². The number of nitrogens with zero attached hydrogens (tertiary/aromatic N) is 3. The van der Waals surface area contributed by atoms with E-state index in [-0.39, 0.29) is 23.8 Å². The number of anilines is 1. The van der Waals surface area contributed by atoms with Gasteiger partial charge in [0.1, 0.15) is 6.04 Å². The molecule has 0 radical (unpaired) electrons. The van der Waals surface area contributed by atoms with Crippen LogP contribution in [0.1, 0.15) is 32.1 Å². The van der Waals surface area contributed by atoms with Crippen molar-refractivity contribution in [1.82, 2.24) is 15.1 Å². The molecule has 3 atom stereocenters. The maximum atomic E-state index is 12.6. The number of hydrogen-bond donors (Lipinski definition) is 1. The Morgan fingerprint density at radius 1 is 1.36 bits per heavy atom. The van der Waals surface area contributed by atoms with Crippen LogP contribution in [0.2, 0.25) is 0 Å². The second-order valence-corrected chi connectivity index (χ2v) is 6.91. The third-order valence-electron chi connectivity index (χ3n) is 5.16. The lowest BCUT2D eigenvalue weighted by molar-refractivity contribution is -0.129. The van der Waals surface area contributed by atoms with Crippen LogP contribution in [0.15, 0.2) is 12.4 Å². The van der Waals surface area contributed by atoms with E-state index in [0.717, 1.165) is 30.9 Å². The molecule has 3 fully saturated rings. The van der Waals surface area contributed by atoms with Gasteiger partial charge in [0.05, 0.1) is 11.9 Å². The van der Waals surface area contributed by atoms with Crippen LogP contribution >= 0.6 is 0 Å². The van der Waals surface area contributed by atoms with Crippen LogP contribution in [-0.4, -0.2) is 34.2 Å². The highest BCUT2D eigenvalue weighted by atomic mass is 16.2. The molecule has 6 nitrogen and oxygen atoms in total. The Kier molecular flexibility index (Phi) is 3.20. The first-order valence-electron chi connectivity index (χ1n) is 8.24. The molecular weight excluding hydrogens is 280 g/mol. The zero-order valence-electron chi connectivity index (χ0n) is 12.9. The fraction of sp³-hybridized carbons (Fsp3) is 0.688. The molecule has 22 heavy (non-hydrogen) atoms. The molecule has 2 aliphatic carbocycles. The maximum absolute atomic E-state index is 12.6. The zero-order valence-corrected chi connectivity index (χ0v) is 12.9. The van der Waals surface area contributed by atoms with Crippen LogP contribution in [0.3, 0.4) is 0 Å². The molecule has 3 aliphatic rings. The van der Waals surface area contributed by atoms with Crippen molar-refractivity contribution < 1.29 is 9.59 Å². The number of carbonyl (C=O) groups excluding carboxylic acids is 2. The number of nitrogens with one attached hydrogen (secondary N) is 1. The molecular formula is C16H22N4O2. The average Bonchev–Trinajstić information content (AvgIpc) is 3.38. The summed E-state index contributed by atoms with van der Waals surface area (Å²) in [5.41, 5.74) is 0.814. The normalized spacial score (nSPS) is 31.2. The lowest BCUT2D eigenvalue weighted by Crippen LogP contribution is -2.52. The second kappa shape index (κ2) is 5.11. The number of rotatable bonds is 4. The minimum absolute atomic E-state index is 0.00350. The van der Waals surface area contributed by atoms with Gasteiger partial charge >= 0.3 is 0 Å². The van der Waals surface area contributed by atoms with Gasteiger partial charge < -0.3 is 10.2 Å². The number of amides is 2. The molecule has 0 aromatic carbocycles. The van der Waals surface area contributed by atoms with E-state index in [2.05, 4.69) is 10.4 Å². The molecule has 1 saturated heterocycles. The van der Waals surface area contributed by atoms with Crippen molar-refractivity contribution >= 4 is 17.5 Å². The van der Waals surface area contributed by atoms with Crippen LogP contribution in [0, 0.1) is 17.8 Å². The molecule has 0 bridgehead atoms. The largest absolute Gasteiger partial charge is 0.344 e. The van der Waals surface area contributed by atoms with Gasteiger partial charge in [-0.1, -0.05) is 0 Å². The Morgan fingerprint density at radius 3 is 2.86 bits per heavy atom. The van der Waals surface area contributed by atoms with Crippen molar-refractivity contribution in [1.29, 1.82) is 0 Å². The van der Waals surface area contributed by atoms with E-state index >= 15 is 0 Å². The Bertz CT molecular complexity index is 607. The molecule has 118 valence electrons. The van der Waals surface area contributed by atoms with Crippen molar-refractivity contribution in [2.75, 3.05) is 11.4 Å². The van der Waals surface area contributed by atoms with Gasteiger partial charge in [-0.05, 0) is 43.9 Å². The minimum atomic E-state index is -0.373. The molecule has 1 aromatic rings. The molecule has 1 aromatic heterocycles. The fourth-order valence-electron chi connectivity index (χ4n) is 3.65. The van der Waals surface area contributed by atoms with Crippen LogP contribution in [0.25, 0.3) is 0 Å². The summed E-state index contributed by atoms with van der Waals surface area (Å²) < 4.78 is 1.69. The molecule has 2 heterocycles. The molecule has 4 rings (SSSR count). The molecule has 3 unspecified atom stereocenters. The van der Waals surface area contributed by atoms with E-state index in [0.29, 0.717) is 12.5 Å². The molecule has 6 heteroatoms. The number of aryl methyl sites for hydroxylation is 1. The Morgan fingerprint density at radius 2 is 2.18 bits per heavy atom. The summed E-state index contributed by atoms with van der Waals surface area (Å²) in [5, 5.41) is 7.11. The number of aromatic nitrogens is 2. The lowest BCUT2D eigenvalue weighted by atomic mass is 10.0. The number of hydrogen-bond acceptors (Lipinski definition) is 3. The van der Waals surface area contributed by atoms with Gasteiger partial charge in [0.2, 0.25) is 11.8 Å². The van der Waals surface area contributed by atoms with E-state index in [1.54, 1.807) is 15.8 Å². The average molecular weight is 302 g/mol. The molecule has 0 spiro atoms. The second-order valence-electron chi connectivity index (χ2n) is 6.91. The Balaban J connectivity index is 1.39. The van der Waals surface area contributed by atoms with Gasteiger partial charge in [-0.3, -0.25) is 14.3 Å². The van der Waals surface area contributed by atoms with Crippen LogP contribution in [0.4, 0.5) is 5.69 Å². The minimum Gasteiger partial charge on any atom is -0.344 e. The maximum Gasteiger partial charge on any atom is 0.249 e. The predicted molar refractivity (Wildman–Crippen MR) is 81.0 cm³/mol. The summed E-state index contributed by atoms with van der Waals surface area (Å²) in [6.45, 7) is 0.699. The van der Waals surface area contributed by atoms with Gasteiger partial charge in [-0.2, -0.15) is 5.10 Å². The van der Waals surface area contributed by atoms with Crippen molar-refractivity contribution in [2.24, 2.45) is 24.8 Å². The monoisotopic (exact) mass is 302 g/mol. The molecule has 2 saturated carbocycles. The van der Waals surface area contributed by atoms with E-state index in [1.165, 1.54) is 12.8 Å². The van der Waals surface area contributed by atoms with Crippen LogP contribution < -0.4 is 10.2 Å². The highest BCUT2D eigenvalue weighted by Gasteiger charge is 2.51.